The van der Waals surface area contributed by atoms with Crippen LogP contribution in [0.4, 0.5) is 5.69 Å². The van der Waals surface area contributed by atoms with Gasteiger partial charge in [0.2, 0.25) is 0 Å². The second-order valence-corrected chi connectivity index (χ2v) is 8.55. The van der Waals surface area contributed by atoms with Gasteiger partial charge in [0.05, 0.1) is 15.7 Å². The van der Waals surface area contributed by atoms with Gasteiger partial charge < -0.3 is 25.3 Å². The van der Waals surface area contributed by atoms with Gasteiger partial charge in [-0.25, -0.2) is 0 Å². The average molecular weight is 467 g/mol. The van der Waals surface area contributed by atoms with Gasteiger partial charge in [0.15, 0.2) is 0 Å². The maximum Gasteiger partial charge on any atom is 0.273 e. The second-order valence-electron chi connectivity index (χ2n) is 7.79. The molecule has 3 N–H and O–H groups in total. The van der Waals surface area contributed by atoms with E-state index in [1.165, 1.54) is 0 Å². The van der Waals surface area contributed by atoms with Crippen LogP contribution in [0.3, 0.4) is 0 Å². The standard InChI is InChI=1S/C22H28Cl2N4O3/c1-4-9-25-21(29)14-5-6-16(17(12-14)31-15-7-10-28(3)11-8-15)27-22(30)20-19(24)18(23)13(2)26-20/h5-6,12,15,26H,4,7-11H2,1-3H3,(H,25,29)(H,27,30). The zero-order valence-electron chi connectivity index (χ0n) is 18.0. The first kappa shape index (κ1) is 23.4. The van der Waals surface area contributed by atoms with Crippen LogP contribution in [0.15, 0.2) is 18.2 Å². The maximum atomic E-state index is 12.8. The number of aryl methyl sites for hydroxylation is 1. The van der Waals surface area contributed by atoms with E-state index in [1.807, 2.05) is 6.92 Å². The third-order valence-corrected chi connectivity index (χ3v) is 6.21. The van der Waals surface area contributed by atoms with Gasteiger partial charge in [0.1, 0.15) is 17.5 Å². The summed E-state index contributed by atoms with van der Waals surface area (Å²) in [5, 5.41) is 6.19. The van der Waals surface area contributed by atoms with Crippen molar-refractivity contribution in [3.8, 4) is 5.75 Å². The van der Waals surface area contributed by atoms with Crippen LogP contribution >= 0.6 is 23.2 Å². The van der Waals surface area contributed by atoms with Crippen molar-refractivity contribution in [2.75, 3.05) is 32.0 Å². The first-order chi connectivity index (χ1) is 14.8. The van der Waals surface area contributed by atoms with Gasteiger partial charge in [0, 0.05) is 30.9 Å². The minimum absolute atomic E-state index is 0.00608. The molecule has 168 valence electrons. The maximum absolute atomic E-state index is 12.8. The highest BCUT2D eigenvalue weighted by atomic mass is 35.5. The Balaban J connectivity index is 1.85. The SMILES string of the molecule is CCCNC(=O)c1ccc(NC(=O)c2[nH]c(C)c(Cl)c2Cl)c(OC2CCN(C)CC2)c1. The number of piperidine rings is 1. The van der Waals surface area contributed by atoms with Crippen LogP contribution in [0, 0.1) is 6.92 Å². The number of hydrogen-bond donors (Lipinski definition) is 3. The topological polar surface area (TPSA) is 86.5 Å². The number of H-pyrrole nitrogens is 1. The van der Waals surface area contributed by atoms with Gasteiger partial charge >= 0.3 is 0 Å². The Morgan fingerprint density at radius 3 is 2.52 bits per heavy atom. The van der Waals surface area contributed by atoms with E-state index in [9.17, 15) is 9.59 Å². The molecule has 31 heavy (non-hydrogen) atoms. The fourth-order valence-electron chi connectivity index (χ4n) is 3.40. The third-order valence-electron chi connectivity index (χ3n) is 5.27. The van der Waals surface area contributed by atoms with Crippen molar-refractivity contribution < 1.29 is 14.3 Å². The molecule has 0 bridgehead atoms. The minimum Gasteiger partial charge on any atom is -0.488 e. The molecule has 0 spiro atoms. The quantitative estimate of drug-likeness (QED) is 0.560. The van der Waals surface area contributed by atoms with Crippen LogP contribution in [-0.2, 0) is 0 Å². The third kappa shape index (κ3) is 5.73. The highest BCUT2D eigenvalue weighted by molar-refractivity contribution is 6.44. The second kappa shape index (κ2) is 10.4. The number of aromatic amines is 1. The van der Waals surface area contributed by atoms with Crippen LogP contribution < -0.4 is 15.4 Å². The summed E-state index contributed by atoms with van der Waals surface area (Å²) in [5.74, 6) is -0.156. The number of aromatic nitrogens is 1. The van der Waals surface area contributed by atoms with Crippen molar-refractivity contribution in [2.45, 2.75) is 39.2 Å². The van der Waals surface area contributed by atoms with Crippen molar-refractivity contribution in [1.29, 1.82) is 0 Å². The van der Waals surface area contributed by atoms with E-state index in [0.29, 0.717) is 34.3 Å². The first-order valence-corrected chi connectivity index (χ1v) is 11.2. The number of benzene rings is 1. The van der Waals surface area contributed by atoms with E-state index in [2.05, 4.69) is 27.6 Å². The Hall–Kier alpha value is -2.22. The van der Waals surface area contributed by atoms with E-state index in [1.54, 1.807) is 25.1 Å². The van der Waals surface area contributed by atoms with Crippen LogP contribution in [-0.4, -0.2) is 54.5 Å². The van der Waals surface area contributed by atoms with Gasteiger partial charge in [-0.2, -0.15) is 0 Å². The molecule has 1 aromatic heterocycles. The number of halogens is 2. The van der Waals surface area contributed by atoms with E-state index in [-0.39, 0.29) is 22.7 Å². The summed E-state index contributed by atoms with van der Waals surface area (Å²) in [6.45, 7) is 6.18. The van der Waals surface area contributed by atoms with E-state index < -0.39 is 5.91 Å². The van der Waals surface area contributed by atoms with Gasteiger partial charge in [-0.05, 0) is 51.4 Å². The van der Waals surface area contributed by atoms with Crippen LogP contribution in [0.2, 0.25) is 10.0 Å². The molecule has 2 aromatic rings. The Morgan fingerprint density at radius 2 is 1.90 bits per heavy atom. The zero-order chi connectivity index (χ0) is 22.5. The predicted molar refractivity (Wildman–Crippen MR) is 124 cm³/mol. The molecule has 3 rings (SSSR count). The number of carbonyl (C=O) groups is 2. The van der Waals surface area contributed by atoms with E-state index >= 15 is 0 Å². The van der Waals surface area contributed by atoms with Crippen molar-refractivity contribution in [2.24, 2.45) is 0 Å². The number of likely N-dealkylation sites (tertiary alicyclic amines) is 1. The zero-order valence-corrected chi connectivity index (χ0v) is 19.5. The highest BCUT2D eigenvalue weighted by Gasteiger charge is 2.23. The van der Waals surface area contributed by atoms with Crippen LogP contribution in [0.1, 0.15) is 52.7 Å². The molecule has 9 heteroatoms. The lowest BCUT2D eigenvalue weighted by Crippen LogP contribution is -2.35. The molecule has 2 amide bonds. The molecule has 1 aliphatic heterocycles. The molecule has 0 atom stereocenters. The Bertz CT molecular complexity index is 952. The number of ether oxygens (including phenoxy) is 1. The number of amides is 2. The fourth-order valence-corrected chi connectivity index (χ4v) is 3.82. The molecule has 7 nitrogen and oxygen atoms in total. The number of anilines is 1. The van der Waals surface area contributed by atoms with Gasteiger partial charge in [-0.15, -0.1) is 0 Å². The van der Waals surface area contributed by atoms with Gasteiger partial charge in [-0.1, -0.05) is 30.1 Å². The molecule has 0 unspecified atom stereocenters. The number of nitrogens with one attached hydrogen (secondary N) is 3. The molecule has 0 radical (unpaired) electrons. The Labute approximate surface area is 192 Å². The van der Waals surface area contributed by atoms with Crippen LogP contribution in [0.5, 0.6) is 5.75 Å². The molecule has 1 saturated heterocycles. The molecule has 1 fully saturated rings. The van der Waals surface area contributed by atoms with Crippen molar-refractivity contribution in [3.05, 3.63) is 45.2 Å². The summed E-state index contributed by atoms with van der Waals surface area (Å²) in [7, 11) is 2.08. The monoisotopic (exact) mass is 466 g/mol. The van der Waals surface area contributed by atoms with E-state index in [0.717, 1.165) is 32.4 Å². The lowest BCUT2D eigenvalue weighted by Gasteiger charge is -2.30. The van der Waals surface area contributed by atoms with Gasteiger partial charge in [-0.3, -0.25) is 9.59 Å². The van der Waals surface area contributed by atoms with Crippen LogP contribution in [0.25, 0.3) is 0 Å². The lowest BCUT2D eigenvalue weighted by molar-refractivity contribution is 0.0950. The summed E-state index contributed by atoms with van der Waals surface area (Å²) in [6, 6.07) is 5.01. The molecule has 1 aromatic carbocycles. The van der Waals surface area contributed by atoms with Gasteiger partial charge in [0.25, 0.3) is 11.8 Å². The summed E-state index contributed by atoms with van der Waals surface area (Å²) in [4.78, 5) is 30.4. The molecule has 0 saturated carbocycles. The van der Waals surface area contributed by atoms with Crippen molar-refractivity contribution in [3.63, 3.8) is 0 Å². The van der Waals surface area contributed by atoms with Crippen molar-refractivity contribution in [1.82, 2.24) is 15.2 Å². The Kier molecular flexibility index (Phi) is 7.86. The highest BCUT2D eigenvalue weighted by Crippen LogP contribution is 2.32. The first-order valence-electron chi connectivity index (χ1n) is 10.4. The molecule has 2 heterocycles. The molecule has 0 aliphatic carbocycles. The summed E-state index contributed by atoms with van der Waals surface area (Å²) in [5.41, 5.74) is 1.74. The smallest absolute Gasteiger partial charge is 0.273 e. The summed E-state index contributed by atoms with van der Waals surface area (Å²) >= 11 is 12.3. The predicted octanol–water partition coefficient (Wildman–Crippen LogP) is 4.50. The van der Waals surface area contributed by atoms with Crippen molar-refractivity contribution >= 4 is 40.7 Å². The number of rotatable bonds is 7. The number of carbonyl (C=O) groups excluding carboxylic acids is 2. The fraction of sp³-hybridized carbons (Fsp3) is 0.455. The summed E-state index contributed by atoms with van der Waals surface area (Å²) in [6.07, 6.45) is 2.59. The normalized spacial score (nSPS) is 15.0. The largest absolute Gasteiger partial charge is 0.488 e. The number of nitrogens with zero attached hydrogens (tertiary/aromatic N) is 1. The molecular weight excluding hydrogens is 439 g/mol. The average Bonchev–Trinajstić information content (AvgIpc) is 3.02. The lowest BCUT2D eigenvalue weighted by atomic mass is 10.1. The van der Waals surface area contributed by atoms with E-state index in [4.69, 9.17) is 27.9 Å². The molecular formula is C22H28Cl2N4O3. The Morgan fingerprint density at radius 1 is 1.19 bits per heavy atom. The molecule has 1 aliphatic rings. The minimum atomic E-state index is -0.434. The summed E-state index contributed by atoms with van der Waals surface area (Å²) < 4.78 is 6.24. The number of hydrogen-bond acceptors (Lipinski definition) is 4.